The van der Waals surface area contributed by atoms with Crippen LogP contribution in [0.1, 0.15) is 31.7 Å². The van der Waals surface area contributed by atoms with E-state index in [0.717, 1.165) is 13.0 Å². The van der Waals surface area contributed by atoms with Crippen LogP contribution < -0.4 is 0 Å². The zero-order chi connectivity index (χ0) is 15.3. The minimum absolute atomic E-state index is 0.321. The van der Waals surface area contributed by atoms with Gasteiger partial charge in [-0.3, -0.25) is 0 Å². The van der Waals surface area contributed by atoms with Crippen LogP contribution in [-0.4, -0.2) is 25.6 Å². The van der Waals surface area contributed by atoms with E-state index in [2.05, 4.69) is 31.2 Å². The third kappa shape index (κ3) is 3.97. The Hall–Kier alpha value is -1.16. The number of hydrogen-bond donors (Lipinski definition) is 0. The van der Waals surface area contributed by atoms with Crippen molar-refractivity contribution in [3.05, 3.63) is 48.0 Å². The van der Waals surface area contributed by atoms with Crippen LogP contribution in [0.3, 0.4) is 0 Å². The monoisotopic (exact) mass is 302 g/mol. The molecule has 3 rings (SSSR count). The molecule has 1 fully saturated rings. The summed E-state index contributed by atoms with van der Waals surface area (Å²) in [6.45, 7) is 5.08. The molecule has 0 aromatic heterocycles. The van der Waals surface area contributed by atoms with Crippen LogP contribution in [0.25, 0.3) is 0 Å². The molecule has 2 aliphatic rings. The molecule has 1 aromatic carbocycles. The highest BCUT2D eigenvalue weighted by Crippen LogP contribution is 2.34. The van der Waals surface area contributed by atoms with Gasteiger partial charge in [-0.1, -0.05) is 49.8 Å². The molecule has 2 aliphatic heterocycles. The van der Waals surface area contributed by atoms with Gasteiger partial charge >= 0.3 is 0 Å². The van der Waals surface area contributed by atoms with Crippen molar-refractivity contribution < 1.29 is 14.2 Å². The van der Waals surface area contributed by atoms with E-state index in [1.165, 1.54) is 18.4 Å². The fourth-order valence-electron chi connectivity index (χ4n) is 3.03. The van der Waals surface area contributed by atoms with Gasteiger partial charge < -0.3 is 14.2 Å². The summed E-state index contributed by atoms with van der Waals surface area (Å²) in [7, 11) is 0. The first kappa shape index (κ1) is 15.7. The molecular formula is C19H26O3. The fraction of sp³-hybridized carbons (Fsp3) is 0.579. The number of hydrogen-bond acceptors (Lipinski definition) is 3. The summed E-state index contributed by atoms with van der Waals surface area (Å²) in [6.07, 6.45) is 7.67. The Morgan fingerprint density at radius 1 is 1.18 bits per heavy atom. The van der Waals surface area contributed by atoms with Gasteiger partial charge in [0.25, 0.3) is 0 Å². The Labute approximate surface area is 133 Å². The molecule has 1 saturated heterocycles. The van der Waals surface area contributed by atoms with E-state index < -0.39 is 5.79 Å². The third-order valence-corrected chi connectivity index (χ3v) is 4.65. The molecule has 3 nitrogen and oxygen atoms in total. The van der Waals surface area contributed by atoms with Gasteiger partial charge in [0.1, 0.15) is 0 Å². The molecule has 22 heavy (non-hydrogen) atoms. The zero-order valence-corrected chi connectivity index (χ0v) is 13.4. The second-order valence-electron chi connectivity index (χ2n) is 6.37. The highest BCUT2D eigenvalue weighted by Gasteiger charge is 2.37. The average molecular weight is 302 g/mol. The van der Waals surface area contributed by atoms with E-state index in [4.69, 9.17) is 14.2 Å². The lowest BCUT2D eigenvalue weighted by molar-refractivity contribution is -0.244. The van der Waals surface area contributed by atoms with Gasteiger partial charge in [-0.15, -0.1) is 0 Å². The molecule has 3 heteroatoms. The number of benzene rings is 1. The maximum Gasteiger partial charge on any atom is 0.187 e. The van der Waals surface area contributed by atoms with Gasteiger partial charge in [0.05, 0.1) is 26.4 Å². The van der Waals surface area contributed by atoms with Gasteiger partial charge in [0, 0.05) is 12.3 Å². The summed E-state index contributed by atoms with van der Waals surface area (Å²) < 4.78 is 17.8. The van der Waals surface area contributed by atoms with Crippen LogP contribution in [0.5, 0.6) is 0 Å². The molecule has 120 valence electrons. The van der Waals surface area contributed by atoms with E-state index in [1.54, 1.807) is 0 Å². The summed E-state index contributed by atoms with van der Waals surface area (Å²) in [5.74, 6) is 0.554. The largest absolute Gasteiger partial charge is 0.376 e. The van der Waals surface area contributed by atoms with Crippen molar-refractivity contribution in [3.63, 3.8) is 0 Å². The van der Waals surface area contributed by atoms with Crippen molar-refractivity contribution in [2.75, 3.05) is 19.8 Å². The van der Waals surface area contributed by atoms with Crippen molar-refractivity contribution in [1.82, 2.24) is 0 Å². The SMILES string of the molecule is CC[C@H]1CC[C@@]2(C=C[C@@H](COCc3ccccc3)CO2)OC1. The molecule has 3 atom stereocenters. The summed E-state index contributed by atoms with van der Waals surface area (Å²) in [6, 6.07) is 10.3. The minimum atomic E-state index is -0.457. The molecule has 0 unspecified atom stereocenters. The second kappa shape index (κ2) is 7.40. The van der Waals surface area contributed by atoms with E-state index in [-0.39, 0.29) is 0 Å². The highest BCUT2D eigenvalue weighted by molar-refractivity contribution is 5.13. The van der Waals surface area contributed by atoms with E-state index in [9.17, 15) is 0 Å². The quantitative estimate of drug-likeness (QED) is 0.771. The van der Waals surface area contributed by atoms with Crippen molar-refractivity contribution in [2.45, 2.75) is 38.6 Å². The van der Waals surface area contributed by atoms with Crippen LogP contribution in [0, 0.1) is 11.8 Å². The first-order chi connectivity index (χ1) is 10.8. The molecule has 0 bridgehead atoms. The lowest BCUT2D eigenvalue weighted by Gasteiger charge is -2.40. The van der Waals surface area contributed by atoms with Crippen LogP contribution in [0.2, 0.25) is 0 Å². The molecular weight excluding hydrogens is 276 g/mol. The Bertz CT molecular complexity index is 475. The minimum Gasteiger partial charge on any atom is -0.376 e. The summed E-state index contributed by atoms with van der Waals surface area (Å²) in [5, 5.41) is 0. The summed E-state index contributed by atoms with van der Waals surface area (Å²) in [5.41, 5.74) is 1.21. The Kier molecular flexibility index (Phi) is 5.29. The molecule has 0 saturated carbocycles. The van der Waals surface area contributed by atoms with Crippen molar-refractivity contribution in [3.8, 4) is 0 Å². The lowest BCUT2D eigenvalue weighted by Crippen LogP contribution is -2.43. The topological polar surface area (TPSA) is 27.7 Å². The molecule has 0 N–H and O–H groups in total. The van der Waals surface area contributed by atoms with E-state index in [0.29, 0.717) is 31.7 Å². The van der Waals surface area contributed by atoms with Crippen molar-refractivity contribution in [1.29, 1.82) is 0 Å². The number of rotatable bonds is 5. The maximum atomic E-state index is 6.03. The van der Waals surface area contributed by atoms with Gasteiger partial charge in [0.2, 0.25) is 0 Å². The molecule has 0 amide bonds. The highest BCUT2D eigenvalue weighted by atomic mass is 16.7. The molecule has 2 heterocycles. The van der Waals surface area contributed by atoms with Crippen molar-refractivity contribution >= 4 is 0 Å². The normalized spacial score (nSPS) is 31.5. The van der Waals surface area contributed by atoms with Gasteiger partial charge in [-0.25, -0.2) is 0 Å². The first-order valence-corrected chi connectivity index (χ1v) is 8.38. The second-order valence-corrected chi connectivity index (χ2v) is 6.37. The smallest absolute Gasteiger partial charge is 0.187 e. The Morgan fingerprint density at radius 3 is 2.64 bits per heavy atom. The summed E-state index contributed by atoms with van der Waals surface area (Å²) >= 11 is 0. The van der Waals surface area contributed by atoms with Crippen LogP contribution >= 0.6 is 0 Å². The predicted molar refractivity (Wildman–Crippen MR) is 86.4 cm³/mol. The van der Waals surface area contributed by atoms with Gasteiger partial charge in [0.15, 0.2) is 5.79 Å². The average Bonchev–Trinajstić information content (AvgIpc) is 2.59. The molecule has 1 spiro atoms. The lowest BCUT2D eigenvalue weighted by atomic mass is 9.92. The van der Waals surface area contributed by atoms with Crippen LogP contribution in [0.15, 0.2) is 42.5 Å². The Balaban J connectivity index is 1.43. The van der Waals surface area contributed by atoms with Gasteiger partial charge in [-0.05, 0) is 24.0 Å². The summed E-state index contributed by atoms with van der Waals surface area (Å²) in [4.78, 5) is 0. The molecule has 0 radical (unpaired) electrons. The fourth-order valence-corrected chi connectivity index (χ4v) is 3.03. The van der Waals surface area contributed by atoms with Crippen LogP contribution in [-0.2, 0) is 20.8 Å². The van der Waals surface area contributed by atoms with E-state index in [1.807, 2.05) is 18.2 Å². The van der Waals surface area contributed by atoms with Gasteiger partial charge in [-0.2, -0.15) is 0 Å². The maximum absolute atomic E-state index is 6.03. The van der Waals surface area contributed by atoms with Crippen molar-refractivity contribution in [2.24, 2.45) is 11.8 Å². The number of ether oxygens (including phenoxy) is 3. The van der Waals surface area contributed by atoms with E-state index >= 15 is 0 Å². The standard InChI is InChI=1S/C19H26O3/c1-2-16-8-10-19(21-14-16)11-9-18(15-22-19)13-20-12-17-6-4-3-5-7-17/h3-7,9,11,16,18H,2,8,10,12-15H2,1H3/t16-,18-,19+/m0/s1. The third-order valence-electron chi connectivity index (χ3n) is 4.65. The predicted octanol–water partition coefficient (Wildman–Crippen LogP) is 3.94. The first-order valence-electron chi connectivity index (χ1n) is 8.38. The van der Waals surface area contributed by atoms with Crippen LogP contribution in [0.4, 0.5) is 0 Å². The Morgan fingerprint density at radius 2 is 2.00 bits per heavy atom. The molecule has 1 aromatic rings. The zero-order valence-electron chi connectivity index (χ0n) is 13.4. The molecule has 0 aliphatic carbocycles.